The lowest BCUT2D eigenvalue weighted by Gasteiger charge is -2.27. The minimum absolute atomic E-state index is 0.188. The first-order valence-electron chi connectivity index (χ1n) is 7.88. The van der Waals surface area contributed by atoms with Gasteiger partial charge in [0.05, 0.1) is 11.8 Å². The molecule has 0 aromatic carbocycles. The maximum atomic E-state index is 5.91. The summed E-state index contributed by atoms with van der Waals surface area (Å²) >= 11 is 4.51. The fourth-order valence-corrected chi connectivity index (χ4v) is 3.96. The zero-order chi connectivity index (χ0) is 16.0. The van der Waals surface area contributed by atoms with Crippen molar-refractivity contribution in [2.45, 2.75) is 31.3 Å². The van der Waals surface area contributed by atoms with E-state index in [1.807, 2.05) is 36.5 Å². The van der Waals surface area contributed by atoms with E-state index in [1.165, 1.54) is 12.8 Å². The van der Waals surface area contributed by atoms with Gasteiger partial charge in [-0.2, -0.15) is 5.10 Å². The second-order valence-corrected chi connectivity index (χ2v) is 6.72. The lowest BCUT2D eigenvalue weighted by atomic mass is 9.92. The van der Waals surface area contributed by atoms with E-state index in [2.05, 4.69) is 29.0 Å². The molecule has 0 spiro atoms. The van der Waals surface area contributed by atoms with Crippen LogP contribution in [0.1, 0.15) is 31.2 Å². The summed E-state index contributed by atoms with van der Waals surface area (Å²) in [6.07, 6.45) is 12.3. The number of ether oxygens (including phenoxy) is 1. The molecule has 0 aliphatic heterocycles. The highest BCUT2D eigenvalue weighted by atomic mass is 32.1. The number of hydrogen-bond acceptors (Lipinski definition) is 4. The Hall–Kier alpha value is -1.79. The van der Waals surface area contributed by atoms with E-state index in [4.69, 9.17) is 4.74 Å². The fraction of sp³-hybridized carbons (Fsp3) is 0.412. The van der Waals surface area contributed by atoms with Gasteiger partial charge in [0.1, 0.15) is 5.65 Å². The van der Waals surface area contributed by atoms with Crippen molar-refractivity contribution in [3.05, 3.63) is 36.4 Å². The molecule has 0 radical (unpaired) electrons. The van der Waals surface area contributed by atoms with Gasteiger partial charge in [0.15, 0.2) is 0 Å². The molecule has 1 aliphatic rings. The van der Waals surface area contributed by atoms with Gasteiger partial charge < -0.3 is 4.74 Å². The van der Waals surface area contributed by atoms with Gasteiger partial charge in [0, 0.05) is 54.8 Å². The second kappa shape index (κ2) is 5.39. The topological polar surface area (TPSA) is 44.9 Å². The molecule has 0 amide bonds. The van der Waals surface area contributed by atoms with Crippen LogP contribution in [0, 0.1) is 0 Å². The van der Waals surface area contributed by atoms with Gasteiger partial charge in [0.25, 0.3) is 0 Å². The third-order valence-electron chi connectivity index (χ3n) is 4.97. The second-order valence-electron chi connectivity index (χ2n) is 6.29. The van der Waals surface area contributed by atoms with Crippen LogP contribution in [0.2, 0.25) is 0 Å². The Balaban J connectivity index is 1.90. The lowest BCUT2D eigenvalue weighted by molar-refractivity contribution is -0.00884. The van der Waals surface area contributed by atoms with Gasteiger partial charge in [-0.3, -0.25) is 8.65 Å². The van der Waals surface area contributed by atoms with Crippen LogP contribution < -0.4 is 0 Å². The predicted molar refractivity (Wildman–Crippen MR) is 93.5 cm³/mol. The summed E-state index contributed by atoms with van der Waals surface area (Å²) < 4.78 is 9.49. The molecule has 1 fully saturated rings. The minimum atomic E-state index is -0.188. The van der Waals surface area contributed by atoms with Crippen LogP contribution in [-0.2, 0) is 17.4 Å². The number of nitrogens with zero attached hydrogens (tertiary/aromatic N) is 4. The number of thiol groups is 1. The number of methoxy groups -OCH3 is 1. The van der Waals surface area contributed by atoms with Crippen molar-refractivity contribution in [2.24, 2.45) is 7.05 Å². The van der Waals surface area contributed by atoms with E-state index >= 15 is 0 Å². The summed E-state index contributed by atoms with van der Waals surface area (Å²) in [7, 11) is 3.73. The summed E-state index contributed by atoms with van der Waals surface area (Å²) in [4.78, 5) is 4.65. The molecule has 5 nitrogen and oxygen atoms in total. The highest BCUT2D eigenvalue weighted by Crippen LogP contribution is 2.43. The van der Waals surface area contributed by atoms with E-state index in [-0.39, 0.29) is 5.60 Å². The SMILES string of the molecule is COC1(c2cnc3c(c2)c(-c2cnn(C)c2)cn3S)CCCC1. The van der Waals surface area contributed by atoms with E-state index < -0.39 is 0 Å². The molecule has 0 atom stereocenters. The standard InChI is InChI=1S/C17H20N4OS/c1-20-10-12(8-19-20)15-11-21(23)16-14(15)7-13(9-18-16)17(22-2)5-3-4-6-17/h7-11,23H,3-6H2,1-2H3. The van der Waals surface area contributed by atoms with Gasteiger partial charge in [-0.05, 0) is 18.9 Å². The van der Waals surface area contributed by atoms with E-state index in [9.17, 15) is 0 Å². The maximum absolute atomic E-state index is 5.91. The maximum Gasteiger partial charge on any atom is 0.150 e. The zero-order valence-corrected chi connectivity index (χ0v) is 14.3. The molecule has 6 heteroatoms. The van der Waals surface area contributed by atoms with Crippen molar-refractivity contribution in [3.8, 4) is 11.1 Å². The Labute approximate surface area is 140 Å². The van der Waals surface area contributed by atoms with Crippen LogP contribution >= 0.6 is 12.8 Å². The van der Waals surface area contributed by atoms with Crippen molar-refractivity contribution in [3.63, 3.8) is 0 Å². The summed E-state index contributed by atoms with van der Waals surface area (Å²) in [6, 6.07) is 2.21. The van der Waals surface area contributed by atoms with Crippen LogP contribution in [-0.4, -0.2) is 25.8 Å². The van der Waals surface area contributed by atoms with Crippen molar-refractivity contribution in [1.29, 1.82) is 0 Å². The monoisotopic (exact) mass is 328 g/mol. The van der Waals surface area contributed by atoms with Gasteiger partial charge >= 0.3 is 0 Å². The normalized spacial score (nSPS) is 17.2. The molecule has 3 aromatic heterocycles. The van der Waals surface area contributed by atoms with E-state index in [0.717, 1.165) is 40.6 Å². The van der Waals surface area contributed by atoms with Crippen molar-refractivity contribution in [2.75, 3.05) is 7.11 Å². The van der Waals surface area contributed by atoms with Crippen molar-refractivity contribution >= 4 is 23.8 Å². The van der Waals surface area contributed by atoms with Crippen molar-refractivity contribution < 1.29 is 4.74 Å². The van der Waals surface area contributed by atoms with Crippen LogP contribution in [0.5, 0.6) is 0 Å². The third kappa shape index (κ3) is 2.28. The first kappa shape index (κ1) is 14.8. The quantitative estimate of drug-likeness (QED) is 0.748. The van der Waals surface area contributed by atoms with Crippen molar-refractivity contribution in [1.82, 2.24) is 18.7 Å². The summed E-state index contributed by atoms with van der Waals surface area (Å²) in [5.74, 6) is 0. The molecule has 23 heavy (non-hydrogen) atoms. The van der Waals surface area contributed by atoms with Crippen LogP contribution in [0.3, 0.4) is 0 Å². The predicted octanol–water partition coefficient (Wildman–Crippen LogP) is 3.55. The number of aromatic nitrogens is 4. The Morgan fingerprint density at radius 1 is 1.22 bits per heavy atom. The number of pyridine rings is 1. The molecule has 0 bridgehead atoms. The highest BCUT2D eigenvalue weighted by molar-refractivity contribution is 7.78. The Bertz CT molecular complexity index is 861. The summed E-state index contributed by atoms with van der Waals surface area (Å²) in [5.41, 5.74) is 4.00. The number of hydrogen-bond donors (Lipinski definition) is 1. The first-order chi connectivity index (χ1) is 11.1. The highest BCUT2D eigenvalue weighted by Gasteiger charge is 2.36. The summed E-state index contributed by atoms with van der Waals surface area (Å²) in [6.45, 7) is 0. The number of rotatable bonds is 3. The zero-order valence-electron chi connectivity index (χ0n) is 13.4. The minimum Gasteiger partial charge on any atom is -0.373 e. The first-order valence-corrected chi connectivity index (χ1v) is 8.28. The largest absolute Gasteiger partial charge is 0.373 e. The molecule has 0 unspecified atom stereocenters. The van der Waals surface area contributed by atoms with Gasteiger partial charge in [-0.25, -0.2) is 4.98 Å². The molecule has 0 N–H and O–H groups in total. The van der Waals surface area contributed by atoms with Gasteiger partial charge in [0.2, 0.25) is 0 Å². The van der Waals surface area contributed by atoms with Gasteiger partial charge in [-0.15, -0.1) is 0 Å². The number of aryl methyl sites for hydroxylation is 1. The molecule has 3 heterocycles. The lowest BCUT2D eigenvalue weighted by Crippen LogP contribution is -2.24. The average molecular weight is 328 g/mol. The Kier molecular flexibility index (Phi) is 3.46. The third-order valence-corrected chi connectivity index (χ3v) is 5.27. The summed E-state index contributed by atoms with van der Waals surface area (Å²) in [5, 5.41) is 5.37. The Morgan fingerprint density at radius 2 is 2.00 bits per heavy atom. The fourth-order valence-electron chi connectivity index (χ4n) is 3.69. The van der Waals surface area contributed by atoms with E-state index in [0.29, 0.717) is 0 Å². The molecule has 120 valence electrons. The molecule has 4 rings (SSSR count). The van der Waals surface area contributed by atoms with Gasteiger partial charge in [-0.1, -0.05) is 25.7 Å². The molecule has 3 aromatic rings. The van der Waals surface area contributed by atoms with Crippen LogP contribution in [0.15, 0.2) is 30.9 Å². The smallest absolute Gasteiger partial charge is 0.150 e. The van der Waals surface area contributed by atoms with E-state index in [1.54, 1.807) is 11.1 Å². The Morgan fingerprint density at radius 3 is 2.65 bits per heavy atom. The molecule has 0 saturated heterocycles. The van der Waals surface area contributed by atoms with Crippen LogP contribution in [0.25, 0.3) is 22.2 Å². The average Bonchev–Trinajstić information content (AvgIpc) is 3.27. The molecule has 1 saturated carbocycles. The molecular weight excluding hydrogens is 308 g/mol. The van der Waals surface area contributed by atoms with Crippen LogP contribution in [0.4, 0.5) is 0 Å². The molecular formula is C17H20N4OS. The molecule has 1 aliphatic carbocycles. The number of fused-ring (bicyclic) bond motifs is 1.